The number of benzene rings is 1. The molecule has 0 saturated heterocycles. The summed E-state index contributed by atoms with van der Waals surface area (Å²) < 4.78 is 14.6. The standard InChI is InChI=1S/C11H8Br2FN3/c12-8-2-1-6(14)3-10(8)17-11-9(13)4-7(15)5-16-11/h1-5H,15H2,(H,16,17). The van der Waals surface area contributed by atoms with Crippen molar-refractivity contribution < 1.29 is 4.39 Å². The number of nitrogens with zero attached hydrogens (tertiary/aromatic N) is 1. The van der Waals surface area contributed by atoms with Gasteiger partial charge >= 0.3 is 0 Å². The summed E-state index contributed by atoms with van der Waals surface area (Å²) in [7, 11) is 0. The fraction of sp³-hybridized carbons (Fsp3) is 0. The lowest BCUT2D eigenvalue weighted by molar-refractivity contribution is 0.628. The Hall–Kier alpha value is -1.14. The summed E-state index contributed by atoms with van der Waals surface area (Å²) in [5, 5.41) is 3.01. The number of anilines is 3. The molecule has 0 aliphatic carbocycles. The predicted octanol–water partition coefficient (Wildman–Crippen LogP) is 4.07. The topological polar surface area (TPSA) is 50.9 Å². The van der Waals surface area contributed by atoms with Gasteiger partial charge in [-0.1, -0.05) is 0 Å². The van der Waals surface area contributed by atoms with Crippen LogP contribution in [-0.2, 0) is 0 Å². The van der Waals surface area contributed by atoms with Crippen LogP contribution in [0.1, 0.15) is 0 Å². The highest BCUT2D eigenvalue weighted by atomic mass is 79.9. The number of nitrogen functional groups attached to an aromatic ring is 1. The van der Waals surface area contributed by atoms with Gasteiger partial charge in [-0.15, -0.1) is 0 Å². The number of nitrogens with one attached hydrogen (secondary N) is 1. The van der Waals surface area contributed by atoms with Gasteiger partial charge < -0.3 is 11.1 Å². The second kappa shape index (κ2) is 5.01. The number of rotatable bonds is 2. The SMILES string of the molecule is Nc1cnc(Nc2cc(F)ccc2Br)c(Br)c1. The van der Waals surface area contributed by atoms with E-state index in [2.05, 4.69) is 42.2 Å². The second-order valence-electron chi connectivity index (χ2n) is 3.35. The molecule has 17 heavy (non-hydrogen) atoms. The molecule has 3 nitrogen and oxygen atoms in total. The highest BCUT2D eigenvalue weighted by Gasteiger charge is 2.06. The largest absolute Gasteiger partial charge is 0.397 e. The highest BCUT2D eigenvalue weighted by molar-refractivity contribution is 9.11. The summed E-state index contributed by atoms with van der Waals surface area (Å²) in [6.07, 6.45) is 1.53. The van der Waals surface area contributed by atoms with Gasteiger partial charge in [0, 0.05) is 4.47 Å². The monoisotopic (exact) mass is 359 g/mol. The first-order chi connectivity index (χ1) is 8.06. The predicted molar refractivity (Wildman–Crippen MR) is 73.7 cm³/mol. The molecule has 0 fully saturated rings. The molecule has 88 valence electrons. The van der Waals surface area contributed by atoms with Gasteiger partial charge in [0.25, 0.3) is 0 Å². The summed E-state index contributed by atoms with van der Waals surface area (Å²) in [6, 6.07) is 6.11. The van der Waals surface area contributed by atoms with Crippen LogP contribution in [0.5, 0.6) is 0 Å². The second-order valence-corrected chi connectivity index (χ2v) is 5.06. The van der Waals surface area contributed by atoms with Crippen molar-refractivity contribution in [2.75, 3.05) is 11.1 Å². The van der Waals surface area contributed by atoms with Gasteiger partial charge in [0.2, 0.25) is 0 Å². The lowest BCUT2D eigenvalue weighted by Gasteiger charge is -2.09. The van der Waals surface area contributed by atoms with E-state index in [1.165, 1.54) is 18.3 Å². The third-order valence-electron chi connectivity index (χ3n) is 2.04. The van der Waals surface area contributed by atoms with E-state index < -0.39 is 0 Å². The number of nitrogens with two attached hydrogens (primary N) is 1. The Morgan fingerprint density at radius 3 is 2.65 bits per heavy atom. The van der Waals surface area contributed by atoms with Crippen LogP contribution in [0, 0.1) is 5.82 Å². The van der Waals surface area contributed by atoms with Gasteiger partial charge in [0.05, 0.1) is 22.0 Å². The van der Waals surface area contributed by atoms with Gasteiger partial charge in [-0.2, -0.15) is 0 Å². The Kier molecular flexibility index (Phi) is 3.63. The molecule has 0 unspecified atom stereocenters. The van der Waals surface area contributed by atoms with Crippen molar-refractivity contribution in [3.05, 3.63) is 45.2 Å². The van der Waals surface area contributed by atoms with Crippen LogP contribution in [-0.4, -0.2) is 4.98 Å². The minimum atomic E-state index is -0.317. The molecular formula is C11H8Br2FN3. The zero-order chi connectivity index (χ0) is 12.4. The molecule has 0 aliphatic rings. The number of halogens is 3. The van der Waals surface area contributed by atoms with Crippen LogP contribution in [0.25, 0.3) is 0 Å². The third kappa shape index (κ3) is 2.95. The number of pyridine rings is 1. The normalized spacial score (nSPS) is 10.3. The molecule has 0 amide bonds. The average molecular weight is 361 g/mol. The zero-order valence-electron chi connectivity index (χ0n) is 8.55. The molecule has 1 heterocycles. The minimum Gasteiger partial charge on any atom is -0.397 e. The Labute approximate surface area is 114 Å². The summed E-state index contributed by atoms with van der Waals surface area (Å²) in [5.74, 6) is 0.257. The fourth-order valence-electron chi connectivity index (χ4n) is 1.27. The van der Waals surface area contributed by atoms with E-state index >= 15 is 0 Å². The summed E-state index contributed by atoms with van der Waals surface area (Å²) in [5.41, 5.74) is 6.74. The minimum absolute atomic E-state index is 0.317. The Balaban J connectivity index is 2.34. The lowest BCUT2D eigenvalue weighted by atomic mass is 10.3. The summed E-state index contributed by atoms with van der Waals surface area (Å²) in [4.78, 5) is 4.12. The van der Waals surface area contributed by atoms with Crippen molar-refractivity contribution in [3.8, 4) is 0 Å². The van der Waals surface area contributed by atoms with E-state index in [4.69, 9.17) is 5.73 Å². The smallest absolute Gasteiger partial charge is 0.144 e. The maximum Gasteiger partial charge on any atom is 0.144 e. The van der Waals surface area contributed by atoms with Crippen molar-refractivity contribution in [1.29, 1.82) is 0 Å². The van der Waals surface area contributed by atoms with E-state index in [0.29, 0.717) is 21.7 Å². The fourth-order valence-corrected chi connectivity index (χ4v) is 2.08. The van der Waals surface area contributed by atoms with Crippen molar-refractivity contribution in [3.63, 3.8) is 0 Å². The summed E-state index contributed by atoms with van der Waals surface area (Å²) in [6.45, 7) is 0. The molecule has 0 aliphatic heterocycles. The van der Waals surface area contributed by atoms with Crippen LogP contribution < -0.4 is 11.1 Å². The van der Waals surface area contributed by atoms with Gasteiger partial charge in [-0.25, -0.2) is 9.37 Å². The van der Waals surface area contributed by atoms with E-state index in [0.717, 1.165) is 4.47 Å². The molecule has 0 radical (unpaired) electrons. The van der Waals surface area contributed by atoms with E-state index in [1.807, 2.05) is 0 Å². The third-order valence-corrected chi connectivity index (χ3v) is 3.34. The molecule has 2 rings (SSSR count). The van der Waals surface area contributed by atoms with Crippen molar-refractivity contribution in [1.82, 2.24) is 4.98 Å². The van der Waals surface area contributed by atoms with Crippen LogP contribution in [0.15, 0.2) is 39.4 Å². The molecule has 0 bridgehead atoms. The number of aromatic nitrogens is 1. The average Bonchev–Trinajstić information content (AvgIpc) is 2.27. The van der Waals surface area contributed by atoms with Gasteiger partial charge in [-0.3, -0.25) is 0 Å². The maximum atomic E-state index is 13.1. The van der Waals surface area contributed by atoms with Gasteiger partial charge in [0.1, 0.15) is 11.6 Å². The highest BCUT2D eigenvalue weighted by Crippen LogP contribution is 2.29. The molecule has 6 heteroatoms. The van der Waals surface area contributed by atoms with Crippen molar-refractivity contribution >= 4 is 49.1 Å². The maximum absolute atomic E-state index is 13.1. The van der Waals surface area contributed by atoms with E-state index in [-0.39, 0.29) is 5.82 Å². The van der Waals surface area contributed by atoms with Crippen LogP contribution in [0.2, 0.25) is 0 Å². The lowest BCUT2D eigenvalue weighted by Crippen LogP contribution is -1.97. The Morgan fingerprint density at radius 1 is 1.18 bits per heavy atom. The number of hydrogen-bond acceptors (Lipinski definition) is 3. The molecule has 0 atom stereocenters. The van der Waals surface area contributed by atoms with E-state index in [9.17, 15) is 4.39 Å². The van der Waals surface area contributed by atoms with Crippen molar-refractivity contribution in [2.24, 2.45) is 0 Å². The molecule has 0 saturated carbocycles. The molecule has 1 aromatic heterocycles. The van der Waals surface area contributed by atoms with Crippen LogP contribution in [0.3, 0.4) is 0 Å². The molecule has 2 aromatic rings. The Bertz CT molecular complexity index is 560. The van der Waals surface area contributed by atoms with E-state index in [1.54, 1.807) is 12.1 Å². The quantitative estimate of drug-likeness (QED) is 0.848. The molecular weight excluding hydrogens is 353 g/mol. The first-order valence-electron chi connectivity index (χ1n) is 4.69. The molecule has 1 aromatic carbocycles. The zero-order valence-corrected chi connectivity index (χ0v) is 11.7. The molecule has 0 spiro atoms. The number of hydrogen-bond donors (Lipinski definition) is 2. The molecule has 3 N–H and O–H groups in total. The Morgan fingerprint density at radius 2 is 1.94 bits per heavy atom. The van der Waals surface area contributed by atoms with Crippen LogP contribution in [0.4, 0.5) is 21.6 Å². The van der Waals surface area contributed by atoms with Gasteiger partial charge in [0.15, 0.2) is 0 Å². The summed E-state index contributed by atoms with van der Waals surface area (Å²) >= 11 is 6.66. The first-order valence-corrected chi connectivity index (χ1v) is 6.28. The van der Waals surface area contributed by atoms with Crippen molar-refractivity contribution in [2.45, 2.75) is 0 Å². The van der Waals surface area contributed by atoms with Crippen LogP contribution >= 0.6 is 31.9 Å². The first kappa shape index (κ1) is 12.3. The van der Waals surface area contributed by atoms with Gasteiger partial charge in [-0.05, 0) is 56.1 Å².